The number of allylic oxidation sites excluding steroid dienone is 8. The van der Waals surface area contributed by atoms with Crippen LogP contribution in [0.1, 0.15) is 122 Å². The number of carboxylic acids is 1. The molecule has 172 valence electrons. The van der Waals surface area contributed by atoms with E-state index in [2.05, 4.69) is 55.5 Å². The summed E-state index contributed by atoms with van der Waals surface area (Å²) in [5.74, 6) is -0.663. The molecule has 1 N–H and O–H groups in total. The molecule has 0 spiro atoms. The van der Waals surface area contributed by atoms with E-state index in [0.29, 0.717) is 6.42 Å². The highest BCUT2D eigenvalue weighted by Crippen LogP contribution is 2.11. The van der Waals surface area contributed by atoms with Gasteiger partial charge in [0.2, 0.25) is 0 Å². The van der Waals surface area contributed by atoms with Crippen LogP contribution in [-0.2, 0) is 4.79 Å². The van der Waals surface area contributed by atoms with Gasteiger partial charge < -0.3 is 5.11 Å². The molecule has 0 atom stereocenters. The van der Waals surface area contributed by atoms with Gasteiger partial charge in [0, 0.05) is 6.42 Å². The molecule has 0 amide bonds. The molecule has 0 bridgehead atoms. The molecule has 0 aliphatic carbocycles. The summed E-state index contributed by atoms with van der Waals surface area (Å²) in [5, 5.41) is 8.58. The first-order valence-corrected chi connectivity index (χ1v) is 12.6. The molecule has 0 aromatic rings. The molecule has 0 fully saturated rings. The van der Waals surface area contributed by atoms with E-state index in [4.69, 9.17) is 5.11 Å². The SMILES string of the molecule is CCCCCC=CCC=CCC=CCC=CCCCCCCCCCCCC(=O)O. The summed E-state index contributed by atoms with van der Waals surface area (Å²) >= 11 is 0. The quantitative estimate of drug-likeness (QED) is 0.141. The van der Waals surface area contributed by atoms with E-state index >= 15 is 0 Å². The van der Waals surface area contributed by atoms with Crippen molar-refractivity contribution in [1.29, 1.82) is 0 Å². The molecule has 0 aliphatic rings. The van der Waals surface area contributed by atoms with Crippen LogP contribution in [0.5, 0.6) is 0 Å². The average molecular weight is 417 g/mol. The monoisotopic (exact) mass is 416 g/mol. The van der Waals surface area contributed by atoms with Gasteiger partial charge in [-0.15, -0.1) is 0 Å². The Kier molecular flexibility index (Phi) is 24.1. The zero-order chi connectivity index (χ0) is 22.0. The van der Waals surface area contributed by atoms with Gasteiger partial charge in [-0.25, -0.2) is 0 Å². The van der Waals surface area contributed by atoms with Crippen molar-refractivity contribution in [2.24, 2.45) is 0 Å². The van der Waals surface area contributed by atoms with E-state index < -0.39 is 5.97 Å². The number of hydrogen-bond acceptors (Lipinski definition) is 1. The lowest BCUT2D eigenvalue weighted by Crippen LogP contribution is -1.93. The molecular formula is C28H48O2. The Balaban J connectivity index is 3.29. The Labute approximate surface area is 187 Å². The fraction of sp³-hybridized carbons (Fsp3) is 0.679. The summed E-state index contributed by atoms with van der Waals surface area (Å²) in [6.45, 7) is 2.25. The molecule has 0 saturated carbocycles. The summed E-state index contributed by atoms with van der Waals surface area (Å²) in [5.41, 5.74) is 0. The Hall–Kier alpha value is -1.57. The van der Waals surface area contributed by atoms with E-state index in [0.717, 1.165) is 32.1 Å². The maximum absolute atomic E-state index is 10.4. The molecule has 0 heterocycles. The first-order valence-electron chi connectivity index (χ1n) is 12.6. The fourth-order valence-corrected chi connectivity index (χ4v) is 3.34. The zero-order valence-corrected chi connectivity index (χ0v) is 19.7. The van der Waals surface area contributed by atoms with E-state index in [1.165, 1.54) is 77.0 Å². The summed E-state index contributed by atoms with van der Waals surface area (Å²) in [4.78, 5) is 10.4. The standard InChI is InChI=1S/C28H48O2/c1-2-3-4-5-6-7-8-9-10-11-12-13-14-15-16-17-18-19-20-21-22-23-24-25-26-27-28(29)30/h6-7,9-10,12-13,15-16H,2-5,8,11,14,17-27H2,1H3,(H,29,30). The molecule has 2 heteroatoms. The van der Waals surface area contributed by atoms with Crippen LogP contribution < -0.4 is 0 Å². The lowest BCUT2D eigenvalue weighted by molar-refractivity contribution is -0.137. The molecule has 0 unspecified atom stereocenters. The highest BCUT2D eigenvalue weighted by Gasteiger charge is 1.96. The van der Waals surface area contributed by atoms with Crippen LogP contribution in [0.3, 0.4) is 0 Å². The molecule has 0 aliphatic heterocycles. The first-order chi connectivity index (χ1) is 14.8. The second-order valence-corrected chi connectivity index (χ2v) is 8.20. The minimum absolute atomic E-state index is 0.331. The maximum Gasteiger partial charge on any atom is 0.303 e. The lowest BCUT2D eigenvalue weighted by atomic mass is 10.1. The number of hydrogen-bond donors (Lipinski definition) is 1. The second-order valence-electron chi connectivity index (χ2n) is 8.20. The summed E-state index contributed by atoms with van der Waals surface area (Å²) in [7, 11) is 0. The van der Waals surface area contributed by atoms with Gasteiger partial charge in [0.15, 0.2) is 0 Å². The number of rotatable bonds is 22. The molecule has 0 radical (unpaired) electrons. The zero-order valence-electron chi connectivity index (χ0n) is 19.7. The smallest absolute Gasteiger partial charge is 0.303 e. The Morgan fingerprint density at radius 3 is 1.33 bits per heavy atom. The Morgan fingerprint density at radius 2 is 0.900 bits per heavy atom. The van der Waals surface area contributed by atoms with E-state index in [-0.39, 0.29) is 0 Å². The van der Waals surface area contributed by atoms with Crippen molar-refractivity contribution < 1.29 is 9.90 Å². The van der Waals surface area contributed by atoms with Crippen molar-refractivity contribution in [2.75, 3.05) is 0 Å². The van der Waals surface area contributed by atoms with Gasteiger partial charge in [-0.3, -0.25) is 4.79 Å². The van der Waals surface area contributed by atoms with E-state index in [1.807, 2.05) is 0 Å². The largest absolute Gasteiger partial charge is 0.481 e. The highest BCUT2D eigenvalue weighted by atomic mass is 16.4. The number of carboxylic acid groups (broad SMARTS) is 1. The van der Waals surface area contributed by atoms with Crippen molar-refractivity contribution in [3.63, 3.8) is 0 Å². The molecule has 0 rings (SSSR count). The van der Waals surface area contributed by atoms with Gasteiger partial charge in [0.05, 0.1) is 0 Å². The number of aliphatic carboxylic acids is 1. The van der Waals surface area contributed by atoms with Gasteiger partial charge in [0.25, 0.3) is 0 Å². The topological polar surface area (TPSA) is 37.3 Å². The molecule has 2 nitrogen and oxygen atoms in total. The third kappa shape index (κ3) is 26.4. The van der Waals surface area contributed by atoms with Crippen LogP contribution in [0.4, 0.5) is 0 Å². The second kappa shape index (κ2) is 25.5. The third-order valence-electron chi connectivity index (χ3n) is 5.22. The van der Waals surface area contributed by atoms with Crippen LogP contribution >= 0.6 is 0 Å². The summed E-state index contributed by atoms with van der Waals surface area (Å²) in [6.07, 6.45) is 39.1. The lowest BCUT2D eigenvalue weighted by Gasteiger charge is -2.01. The van der Waals surface area contributed by atoms with Crippen molar-refractivity contribution in [3.8, 4) is 0 Å². The highest BCUT2D eigenvalue weighted by molar-refractivity contribution is 5.66. The van der Waals surface area contributed by atoms with Crippen molar-refractivity contribution >= 4 is 5.97 Å². The van der Waals surface area contributed by atoms with Gasteiger partial charge in [0.1, 0.15) is 0 Å². The molecule has 0 saturated heterocycles. The van der Waals surface area contributed by atoms with Gasteiger partial charge in [-0.2, -0.15) is 0 Å². The van der Waals surface area contributed by atoms with E-state index in [1.54, 1.807) is 0 Å². The normalized spacial score (nSPS) is 12.3. The molecular weight excluding hydrogens is 368 g/mol. The minimum atomic E-state index is -0.663. The third-order valence-corrected chi connectivity index (χ3v) is 5.22. The summed E-state index contributed by atoms with van der Waals surface area (Å²) in [6, 6.07) is 0. The predicted octanol–water partition coefficient (Wildman–Crippen LogP) is 9.34. The first kappa shape index (κ1) is 28.4. The number of unbranched alkanes of at least 4 members (excludes halogenated alkanes) is 12. The molecule has 0 aromatic carbocycles. The predicted molar refractivity (Wildman–Crippen MR) is 133 cm³/mol. The van der Waals surface area contributed by atoms with Crippen LogP contribution in [0.15, 0.2) is 48.6 Å². The fourth-order valence-electron chi connectivity index (χ4n) is 3.34. The van der Waals surface area contributed by atoms with E-state index in [9.17, 15) is 4.79 Å². The Bertz CT molecular complexity index is 471. The molecule has 0 aromatic heterocycles. The van der Waals surface area contributed by atoms with Gasteiger partial charge in [-0.05, 0) is 51.4 Å². The van der Waals surface area contributed by atoms with Crippen LogP contribution in [0, 0.1) is 0 Å². The molecule has 30 heavy (non-hydrogen) atoms. The maximum atomic E-state index is 10.4. The van der Waals surface area contributed by atoms with Gasteiger partial charge >= 0.3 is 5.97 Å². The van der Waals surface area contributed by atoms with Crippen molar-refractivity contribution in [1.82, 2.24) is 0 Å². The van der Waals surface area contributed by atoms with Crippen molar-refractivity contribution in [2.45, 2.75) is 122 Å². The van der Waals surface area contributed by atoms with Crippen LogP contribution in [0.25, 0.3) is 0 Å². The van der Waals surface area contributed by atoms with Crippen LogP contribution in [0.2, 0.25) is 0 Å². The Morgan fingerprint density at radius 1 is 0.533 bits per heavy atom. The van der Waals surface area contributed by atoms with Crippen LogP contribution in [-0.4, -0.2) is 11.1 Å². The number of carbonyl (C=O) groups is 1. The average Bonchev–Trinajstić information content (AvgIpc) is 2.73. The van der Waals surface area contributed by atoms with Crippen molar-refractivity contribution in [3.05, 3.63) is 48.6 Å². The summed E-state index contributed by atoms with van der Waals surface area (Å²) < 4.78 is 0. The van der Waals surface area contributed by atoms with Gasteiger partial charge in [-0.1, -0.05) is 113 Å². The minimum Gasteiger partial charge on any atom is -0.481 e.